The van der Waals surface area contributed by atoms with Gasteiger partial charge in [0.2, 0.25) is 0 Å². The van der Waals surface area contributed by atoms with E-state index in [1.54, 1.807) is 20.8 Å². The van der Waals surface area contributed by atoms with Gasteiger partial charge in [-0.15, -0.1) is 0 Å². The van der Waals surface area contributed by atoms with Crippen LogP contribution in [-0.2, 0) is 19.1 Å². The minimum absolute atomic E-state index is 0.00539. The van der Waals surface area contributed by atoms with E-state index in [0.717, 1.165) is 0 Å². The first kappa shape index (κ1) is 16.2. The Kier molecular flexibility index (Phi) is 6.45. The fourth-order valence-electron chi connectivity index (χ4n) is 1.26. The summed E-state index contributed by atoms with van der Waals surface area (Å²) in [5.74, 6) is -1.40. The van der Waals surface area contributed by atoms with Gasteiger partial charge in [-0.05, 0) is 31.7 Å². The molecule has 4 nitrogen and oxygen atoms in total. The van der Waals surface area contributed by atoms with Gasteiger partial charge in [0.15, 0.2) is 0 Å². The number of ether oxygens (including phenoxy) is 2. The molecule has 17 heavy (non-hydrogen) atoms. The molecule has 0 amide bonds. The molecule has 0 radical (unpaired) electrons. The van der Waals surface area contributed by atoms with E-state index in [2.05, 4.69) is 27.2 Å². The standard InChI is InChI=1S/C12H19BrO4/c1-8(13)6-9(11(15)16-5)7-10(14)17-12(2,3)4/h9H,1,6-7H2,2-5H3/t9-/m0/s1. The van der Waals surface area contributed by atoms with E-state index in [1.807, 2.05) is 0 Å². The summed E-state index contributed by atoms with van der Waals surface area (Å²) in [6, 6.07) is 0. The summed E-state index contributed by atoms with van der Waals surface area (Å²) >= 11 is 3.17. The molecular formula is C12H19BrO4. The molecule has 0 aromatic rings. The van der Waals surface area contributed by atoms with E-state index < -0.39 is 23.5 Å². The van der Waals surface area contributed by atoms with Crippen molar-refractivity contribution < 1.29 is 19.1 Å². The highest BCUT2D eigenvalue weighted by Crippen LogP contribution is 2.21. The summed E-state index contributed by atoms with van der Waals surface area (Å²) in [6.07, 6.45) is 0.348. The molecule has 0 aliphatic carbocycles. The minimum atomic E-state index is -0.554. The minimum Gasteiger partial charge on any atom is -0.469 e. The van der Waals surface area contributed by atoms with Crippen molar-refractivity contribution in [2.45, 2.75) is 39.2 Å². The van der Waals surface area contributed by atoms with Crippen LogP contribution in [0.4, 0.5) is 0 Å². The molecule has 0 aromatic carbocycles. The molecule has 0 rings (SSSR count). The average molecular weight is 307 g/mol. The molecule has 0 unspecified atom stereocenters. The van der Waals surface area contributed by atoms with Crippen molar-refractivity contribution in [3.05, 3.63) is 11.1 Å². The summed E-state index contributed by atoms with van der Waals surface area (Å²) in [6.45, 7) is 8.99. The lowest BCUT2D eigenvalue weighted by Crippen LogP contribution is -2.27. The lowest BCUT2D eigenvalue weighted by molar-refractivity contribution is -0.160. The Morgan fingerprint density at radius 2 is 1.82 bits per heavy atom. The van der Waals surface area contributed by atoms with E-state index in [4.69, 9.17) is 4.74 Å². The number of methoxy groups -OCH3 is 1. The number of carbonyl (C=O) groups excluding carboxylic acids is 2. The van der Waals surface area contributed by atoms with E-state index in [1.165, 1.54) is 7.11 Å². The lowest BCUT2D eigenvalue weighted by atomic mass is 10.0. The topological polar surface area (TPSA) is 52.6 Å². The van der Waals surface area contributed by atoms with Crippen molar-refractivity contribution in [1.82, 2.24) is 0 Å². The summed E-state index contributed by atoms with van der Waals surface area (Å²) in [4.78, 5) is 23.1. The molecule has 5 heteroatoms. The van der Waals surface area contributed by atoms with Gasteiger partial charge in [-0.1, -0.05) is 22.5 Å². The molecule has 0 aromatic heterocycles. The first-order valence-electron chi connectivity index (χ1n) is 5.28. The van der Waals surface area contributed by atoms with Gasteiger partial charge in [0, 0.05) is 0 Å². The van der Waals surface area contributed by atoms with Crippen LogP contribution in [0.3, 0.4) is 0 Å². The third kappa shape index (κ3) is 7.96. The normalized spacial score (nSPS) is 12.8. The molecular weight excluding hydrogens is 288 g/mol. The summed E-state index contributed by atoms with van der Waals surface area (Å²) in [5, 5.41) is 0. The SMILES string of the molecule is C=C(Br)C[C@@H](CC(=O)OC(C)(C)C)C(=O)OC. The van der Waals surface area contributed by atoms with Crippen LogP contribution in [0, 0.1) is 5.92 Å². The first-order valence-corrected chi connectivity index (χ1v) is 6.08. The zero-order valence-corrected chi connectivity index (χ0v) is 12.3. The fraction of sp³-hybridized carbons (Fsp3) is 0.667. The number of carbonyl (C=O) groups is 2. The maximum atomic E-state index is 11.6. The largest absolute Gasteiger partial charge is 0.469 e. The van der Waals surface area contributed by atoms with Gasteiger partial charge < -0.3 is 9.47 Å². The van der Waals surface area contributed by atoms with Gasteiger partial charge >= 0.3 is 11.9 Å². The highest BCUT2D eigenvalue weighted by Gasteiger charge is 2.26. The predicted octanol–water partition coefficient (Wildman–Crippen LogP) is 2.81. The van der Waals surface area contributed by atoms with Crippen molar-refractivity contribution in [1.29, 1.82) is 0 Å². The second-order valence-electron chi connectivity index (χ2n) is 4.73. The van der Waals surface area contributed by atoms with E-state index in [0.29, 0.717) is 10.9 Å². The van der Waals surface area contributed by atoms with Gasteiger partial charge in [0.1, 0.15) is 5.60 Å². The van der Waals surface area contributed by atoms with Crippen LogP contribution in [0.5, 0.6) is 0 Å². The summed E-state index contributed by atoms with van der Waals surface area (Å²) in [7, 11) is 1.29. The van der Waals surface area contributed by atoms with E-state index >= 15 is 0 Å². The van der Waals surface area contributed by atoms with Crippen molar-refractivity contribution in [3.63, 3.8) is 0 Å². The second-order valence-corrected chi connectivity index (χ2v) is 5.85. The molecule has 0 saturated carbocycles. The Hall–Kier alpha value is -0.840. The van der Waals surface area contributed by atoms with Gasteiger partial charge in [0.25, 0.3) is 0 Å². The number of hydrogen-bond donors (Lipinski definition) is 0. The number of allylic oxidation sites excluding steroid dienone is 1. The highest BCUT2D eigenvalue weighted by atomic mass is 79.9. The Morgan fingerprint density at radius 1 is 1.29 bits per heavy atom. The van der Waals surface area contributed by atoms with Crippen molar-refractivity contribution >= 4 is 27.9 Å². The quantitative estimate of drug-likeness (QED) is 0.733. The third-order valence-electron chi connectivity index (χ3n) is 1.84. The lowest BCUT2D eigenvalue weighted by Gasteiger charge is -2.21. The van der Waals surface area contributed by atoms with Crippen molar-refractivity contribution in [2.75, 3.05) is 7.11 Å². The molecule has 0 heterocycles. The number of rotatable bonds is 5. The molecule has 0 aliphatic heterocycles. The average Bonchev–Trinajstić information content (AvgIpc) is 2.11. The van der Waals surface area contributed by atoms with Crippen LogP contribution in [0.15, 0.2) is 11.1 Å². The second kappa shape index (κ2) is 6.79. The molecule has 0 spiro atoms. The number of hydrogen-bond acceptors (Lipinski definition) is 4. The number of halogens is 1. The van der Waals surface area contributed by atoms with E-state index in [9.17, 15) is 9.59 Å². The zero-order chi connectivity index (χ0) is 13.6. The monoisotopic (exact) mass is 306 g/mol. The van der Waals surface area contributed by atoms with Gasteiger partial charge in [-0.25, -0.2) is 0 Å². The maximum absolute atomic E-state index is 11.6. The van der Waals surface area contributed by atoms with Crippen LogP contribution >= 0.6 is 15.9 Å². The van der Waals surface area contributed by atoms with Crippen LogP contribution in [0.1, 0.15) is 33.6 Å². The molecule has 0 saturated heterocycles. The summed E-state index contributed by atoms with van der Waals surface area (Å²) < 4.78 is 10.4. The molecule has 98 valence electrons. The first-order chi connectivity index (χ1) is 7.65. The Bertz CT molecular complexity index is 304. The van der Waals surface area contributed by atoms with Gasteiger partial charge in [-0.3, -0.25) is 9.59 Å². The van der Waals surface area contributed by atoms with Crippen LogP contribution in [-0.4, -0.2) is 24.6 Å². The summed E-state index contributed by atoms with van der Waals surface area (Å²) in [5.41, 5.74) is -0.552. The molecule has 0 N–H and O–H groups in total. The van der Waals surface area contributed by atoms with Crippen molar-refractivity contribution in [3.8, 4) is 0 Å². The molecule has 0 aliphatic rings. The molecule has 0 fully saturated rings. The molecule has 0 bridgehead atoms. The Balaban J connectivity index is 4.48. The van der Waals surface area contributed by atoms with Crippen LogP contribution in [0.25, 0.3) is 0 Å². The van der Waals surface area contributed by atoms with Crippen molar-refractivity contribution in [2.24, 2.45) is 5.92 Å². The predicted molar refractivity (Wildman–Crippen MR) is 68.7 cm³/mol. The Morgan fingerprint density at radius 3 is 2.18 bits per heavy atom. The van der Waals surface area contributed by atoms with E-state index in [-0.39, 0.29) is 6.42 Å². The van der Waals surface area contributed by atoms with Gasteiger partial charge in [0.05, 0.1) is 19.4 Å². The fourth-order valence-corrected chi connectivity index (χ4v) is 1.65. The number of esters is 2. The Labute approximate surface area is 110 Å². The van der Waals surface area contributed by atoms with Crippen LogP contribution < -0.4 is 0 Å². The maximum Gasteiger partial charge on any atom is 0.309 e. The third-order valence-corrected chi connectivity index (χ3v) is 2.16. The molecule has 1 atom stereocenters. The smallest absolute Gasteiger partial charge is 0.309 e. The van der Waals surface area contributed by atoms with Crippen LogP contribution in [0.2, 0.25) is 0 Å². The van der Waals surface area contributed by atoms with Gasteiger partial charge in [-0.2, -0.15) is 0 Å². The zero-order valence-electron chi connectivity index (χ0n) is 10.7. The highest BCUT2D eigenvalue weighted by molar-refractivity contribution is 9.11.